The predicted molar refractivity (Wildman–Crippen MR) is 69.1 cm³/mol. The molecule has 1 aromatic carbocycles. The second-order valence-corrected chi connectivity index (χ2v) is 5.04. The molecule has 5 heteroatoms. The molecule has 92 valence electrons. The maximum absolute atomic E-state index is 11.9. The van der Waals surface area contributed by atoms with E-state index < -0.39 is 11.4 Å². The van der Waals surface area contributed by atoms with Gasteiger partial charge in [0.05, 0.1) is 0 Å². The summed E-state index contributed by atoms with van der Waals surface area (Å²) in [4.78, 5) is 23.5. The number of primary amides is 1. The third kappa shape index (κ3) is 4.48. The van der Waals surface area contributed by atoms with Crippen LogP contribution >= 0.6 is 12.6 Å². The standard InChI is InChI=1S/C12H16N2O2S/c1-12(2,7-10(13)15)14-11(16)8-3-5-9(17)6-4-8/h3-6,17H,7H2,1-2H3,(H2,13,15)(H,14,16). The lowest BCUT2D eigenvalue weighted by Gasteiger charge is -2.24. The number of nitrogens with two attached hydrogens (primary N) is 1. The SMILES string of the molecule is CC(C)(CC(N)=O)NC(=O)c1ccc(S)cc1. The van der Waals surface area contributed by atoms with E-state index in [1.165, 1.54) is 0 Å². The van der Waals surface area contributed by atoms with Gasteiger partial charge in [-0.2, -0.15) is 0 Å². The summed E-state index contributed by atoms with van der Waals surface area (Å²) in [6.45, 7) is 3.51. The van der Waals surface area contributed by atoms with E-state index in [2.05, 4.69) is 17.9 Å². The van der Waals surface area contributed by atoms with Crippen LogP contribution in [0.4, 0.5) is 0 Å². The van der Waals surface area contributed by atoms with Crippen molar-refractivity contribution in [1.29, 1.82) is 0 Å². The minimum absolute atomic E-state index is 0.101. The molecule has 0 spiro atoms. The van der Waals surface area contributed by atoms with Crippen LogP contribution in [0.2, 0.25) is 0 Å². The van der Waals surface area contributed by atoms with Crippen LogP contribution < -0.4 is 11.1 Å². The molecule has 0 aliphatic heterocycles. The van der Waals surface area contributed by atoms with Gasteiger partial charge >= 0.3 is 0 Å². The van der Waals surface area contributed by atoms with Gasteiger partial charge in [-0.15, -0.1) is 12.6 Å². The lowest BCUT2D eigenvalue weighted by atomic mass is 9.99. The lowest BCUT2D eigenvalue weighted by molar-refractivity contribution is -0.119. The molecule has 0 radical (unpaired) electrons. The molecule has 17 heavy (non-hydrogen) atoms. The van der Waals surface area contributed by atoms with Gasteiger partial charge in [0, 0.05) is 22.4 Å². The number of thiol groups is 1. The van der Waals surface area contributed by atoms with Crippen molar-refractivity contribution in [2.45, 2.75) is 30.7 Å². The summed E-state index contributed by atoms with van der Waals surface area (Å²) in [6.07, 6.45) is 0.101. The molecule has 1 rings (SSSR count). The molecule has 3 N–H and O–H groups in total. The van der Waals surface area contributed by atoms with Gasteiger partial charge < -0.3 is 11.1 Å². The van der Waals surface area contributed by atoms with Crippen molar-refractivity contribution in [3.05, 3.63) is 29.8 Å². The van der Waals surface area contributed by atoms with E-state index in [0.29, 0.717) is 5.56 Å². The quantitative estimate of drug-likeness (QED) is 0.708. The van der Waals surface area contributed by atoms with Crippen molar-refractivity contribution in [3.63, 3.8) is 0 Å². The first kappa shape index (κ1) is 13.6. The Labute approximate surface area is 106 Å². The summed E-state index contributed by atoms with van der Waals surface area (Å²) in [7, 11) is 0. The van der Waals surface area contributed by atoms with Crippen molar-refractivity contribution in [1.82, 2.24) is 5.32 Å². The van der Waals surface area contributed by atoms with Crippen LogP contribution in [0.15, 0.2) is 29.2 Å². The zero-order chi connectivity index (χ0) is 13.1. The first-order valence-electron chi connectivity index (χ1n) is 5.20. The Morgan fingerprint density at radius 3 is 2.29 bits per heavy atom. The molecule has 0 saturated heterocycles. The highest BCUT2D eigenvalue weighted by molar-refractivity contribution is 7.80. The number of rotatable bonds is 4. The molecular weight excluding hydrogens is 236 g/mol. The Balaban J connectivity index is 2.72. The van der Waals surface area contributed by atoms with Gasteiger partial charge in [-0.05, 0) is 38.1 Å². The van der Waals surface area contributed by atoms with Crippen LogP contribution in [0.25, 0.3) is 0 Å². The van der Waals surface area contributed by atoms with Gasteiger partial charge in [0.1, 0.15) is 0 Å². The van der Waals surface area contributed by atoms with Crippen molar-refractivity contribution in [2.75, 3.05) is 0 Å². The molecule has 0 fully saturated rings. The number of hydrogen-bond acceptors (Lipinski definition) is 3. The minimum atomic E-state index is -0.650. The van der Waals surface area contributed by atoms with Crippen LogP contribution in [0, 0.1) is 0 Å². The molecule has 0 bridgehead atoms. The number of nitrogens with one attached hydrogen (secondary N) is 1. The fraction of sp³-hybridized carbons (Fsp3) is 0.333. The maximum Gasteiger partial charge on any atom is 0.251 e. The summed E-state index contributed by atoms with van der Waals surface area (Å²) in [5, 5.41) is 2.76. The Morgan fingerprint density at radius 1 is 1.29 bits per heavy atom. The predicted octanol–water partition coefficient (Wildman–Crippen LogP) is 1.36. The zero-order valence-electron chi connectivity index (χ0n) is 9.86. The van der Waals surface area contributed by atoms with Gasteiger partial charge in [0.15, 0.2) is 0 Å². The monoisotopic (exact) mass is 252 g/mol. The van der Waals surface area contributed by atoms with Crippen LogP contribution in [-0.2, 0) is 4.79 Å². The topological polar surface area (TPSA) is 72.2 Å². The third-order valence-electron chi connectivity index (χ3n) is 2.20. The Kier molecular flexibility index (Phi) is 4.17. The second kappa shape index (κ2) is 5.23. The first-order chi connectivity index (χ1) is 7.80. The van der Waals surface area contributed by atoms with Gasteiger partial charge in [0.25, 0.3) is 5.91 Å². The second-order valence-electron chi connectivity index (χ2n) is 4.53. The fourth-order valence-electron chi connectivity index (χ4n) is 1.47. The summed E-state index contributed by atoms with van der Waals surface area (Å²) in [6, 6.07) is 6.83. The number of carbonyl (C=O) groups excluding carboxylic acids is 2. The lowest BCUT2D eigenvalue weighted by Crippen LogP contribution is -2.46. The molecule has 0 heterocycles. The molecule has 4 nitrogen and oxygen atoms in total. The molecule has 0 aliphatic rings. The highest BCUT2D eigenvalue weighted by atomic mass is 32.1. The summed E-state index contributed by atoms with van der Waals surface area (Å²) in [5.41, 5.74) is 4.99. The van der Waals surface area contributed by atoms with Crippen molar-refractivity contribution in [2.24, 2.45) is 5.73 Å². The molecule has 0 aliphatic carbocycles. The zero-order valence-corrected chi connectivity index (χ0v) is 10.8. The molecule has 0 atom stereocenters. The van der Waals surface area contributed by atoms with Gasteiger partial charge in [-0.3, -0.25) is 9.59 Å². The summed E-state index contributed by atoms with van der Waals surface area (Å²) < 4.78 is 0. The number of hydrogen-bond donors (Lipinski definition) is 3. The van der Waals surface area contributed by atoms with E-state index in [1.807, 2.05) is 0 Å². The van der Waals surface area contributed by atoms with E-state index in [-0.39, 0.29) is 12.3 Å². The van der Waals surface area contributed by atoms with E-state index in [1.54, 1.807) is 38.1 Å². The third-order valence-corrected chi connectivity index (χ3v) is 2.50. The highest BCUT2D eigenvalue weighted by Gasteiger charge is 2.23. The molecule has 1 aromatic rings. The van der Waals surface area contributed by atoms with Crippen LogP contribution in [-0.4, -0.2) is 17.4 Å². The van der Waals surface area contributed by atoms with E-state index in [9.17, 15) is 9.59 Å². The Morgan fingerprint density at radius 2 is 1.82 bits per heavy atom. The normalized spacial score (nSPS) is 11.0. The number of carbonyl (C=O) groups is 2. The Hall–Kier alpha value is -1.49. The largest absolute Gasteiger partial charge is 0.370 e. The number of amides is 2. The highest BCUT2D eigenvalue weighted by Crippen LogP contribution is 2.11. The summed E-state index contributed by atoms with van der Waals surface area (Å²) >= 11 is 4.14. The summed E-state index contributed by atoms with van der Waals surface area (Å²) in [5.74, 6) is -0.675. The smallest absolute Gasteiger partial charge is 0.251 e. The van der Waals surface area contributed by atoms with Gasteiger partial charge in [-0.25, -0.2) is 0 Å². The molecule has 2 amide bonds. The van der Waals surface area contributed by atoms with Crippen LogP contribution in [0.5, 0.6) is 0 Å². The first-order valence-corrected chi connectivity index (χ1v) is 5.65. The average Bonchev–Trinajstić information content (AvgIpc) is 2.15. The average molecular weight is 252 g/mol. The molecule has 0 unspecified atom stereocenters. The van der Waals surface area contributed by atoms with Crippen molar-refractivity contribution >= 4 is 24.4 Å². The Bertz CT molecular complexity index is 427. The maximum atomic E-state index is 11.9. The fourth-order valence-corrected chi connectivity index (χ4v) is 1.62. The molecule has 0 aromatic heterocycles. The van der Waals surface area contributed by atoms with Gasteiger partial charge in [-0.1, -0.05) is 0 Å². The van der Waals surface area contributed by atoms with Crippen molar-refractivity contribution in [3.8, 4) is 0 Å². The van der Waals surface area contributed by atoms with Crippen LogP contribution in [0.1, 0.15) is 30.6 Å². The van der Waals surface area contributed by atoms with E-state index in [4.69, 9.17) is 5.73 Å². The van der Waals surface area contributed by atoms with E-state index in [0.717, 1.165) is 4.90 Å². The minimum Gasteiger partial charge on any atom is -0.370 e. The number of benzene rings is 1. The van der Waals surface area contributed by atoms with Gasteiger partial charge in [0.2, 0.25) is 5.91 Å². The molecule has 0 saturated carbocycles. The van der Waals surface area contributed by atoms with E-state index >= 15 is 0 Å². The van der Waals surface area contributed by atoms with Crippen LogP contribution in [0.3, 0.4) is 0 Å². The van der Waals surface area contributed by atoms with Crippen molar-refractivity contribution < 1.29 is 9.59 Å². The molecular formula is C12H16N2O2S.